The molecular formula is C16H16O6. The highest BCUT2D eigenvalue weighted by atomic mass is 16.7. The van der Waals surface area contributed by atoms with Crippen molar-refractivity contribution in [3.05, 3.63) is 36.4 Å². The molecule has 0 aliphatic carbocycles. The Morgan fingerprint density at radius 3 is 2.23 bits per heavy atom. The Hall–Kier alpha value is -2.76. The van der Waals surface area contributed by atoms with Gasteiger partial charge in [-0.05, 0) is 25.3 Å². The topological polar surface area (TPSA) is 71.1 Å². The molecule has 2 aromatic rings. The predicted octanol–water partition coefficient (Wildman–Crippen LogP) is 3.91. The Kier molecular flexibility index (Phi) is 5.19. The molecule has 0 fully saturated rings. The summed E-state index contributed by atoms with van der Waals surface area (Å²) in [4.78, 5) is 22.9. The summed E-state index contributed by atoms with van der Waals surface area (Å²) >= 11 is 0. The van der Waals surface area contributed by atoms with Gasteiger partial charge in [-0.1, -0.05) is 24.3 Å². The van der Waals surface area contributed by atoms with Crippen molar-refractivity contribution in [2.24, 2.45) is 0 Å². The van der Waals surface area contributed by atoms with Crippen molar-refractivity contribution >= 4 is 23.1 Å². The average Bonchev–Trinajstić information content (AvgIpc) is 2.47. The van der Waals surface area contributed by atoms with E-state index in [2.05, 4.69) is 0 Å². The maximum atomic E-state index is 11.5. The number of benzene rings is 2. The molecule has 0 aromatic heterocycles. The lowest BCUT2D eigenvalue weighted by Crippen LogP contribution is -2.12. The van der Waals surface area contributed by atoms with Crippen LogP contribution in [-0.4, -0.2) is 25.5 Å². The molecule has 6 nitrogen and oxygen atoms in total. The lowest BCUT2D eigenvalue weighted by molar-refractivity contribution is 0.103. The van der Waals surface area contributed by atoms with Crippen LogP contribution in [0.4, 0.5) is 9.59 Å². The van der Waals surface area contributed by atoms with E-state index in [1.54, 1.807) is 26.0 Å². The highest BCUT2D eigenvalue weighted by Gasteiger charge is 2.13. The van der Waals surface area contributed by atoms with Gasteiger partial charge in [0, 0.05) is 11.5 Å². The second-order valence-corrected chi connectivity index (χ2v) is 4.21. The first-order chi connectivity index (χ1) is 10.6. The first kappa shape index (κ1) is 15.6. The summed E-state index contributed by atoms with van der Waals surface area (Å²) < 4.78 is 19.7. The summed E-state index contributed by atoms with van der Waals surface area (Å²) in [5, 5.41) is 1.45. The van der Waals surface area contributed by atoms with Gasteiger partial charge in [-0.3, -0.25) is 0 Å². The van der Waals surface area contributed by atoms with Crippen LogP contribution >= 0.6 is 0 Å². The Bertz CT molecular complexity index is 679. The molecule has 0 atom stereocenters. The van der Waals surface area contributed by atoms with Crippen LogP contribution in [0, 0.1) is 0 Å². The second kappa shape index (κ2) is 7.31. The minimum Gasteiger partial charge on any atom is -0.434 e. The third-order valence-corrected chi connectivity index (χ3v) is 2.72. The zero-order chi connectivity index (χ0) is 15.9. The van der Waals surface area contributed by atoms with Gasteiger partial charge >= 0.3 is 12.3 Å². The molecule has 116 valence electrons. The summed E-state index contributed by atoms with van der Waals surface area (Å²) in [6.45, 7) is 3.77. The smallest absolute Gasteiger partial charge is 0.434 e. The number of hydrogen-bond donors (Lipinski definition) is 0. The van der Waals surface area contributed by atoms with Gasteiger partial charge in [0.2, 0.25) is 0 Å². The van der Waals surface area contributed by atoms with Crippen molar-refractivity contribution in [3.63, 3.8) is 0 Å². The number of hydrogen-bond acceptors (Lipinski definition) is 6. The van der Waals surface area contributed by atoms with E-state index in [0.29, 0.717) is 5.39 Å². The molecule has 0 aliphatic rings. The van der Waals surface area contributed by atoms with Gasteiger partial charge in [-0.15, -0.1) is 0 Å². The minimum atomic E-state index is -0.820. The molecule has 2 aromatic carbocycles. The average molecular weight is 304 g/mol. The summed E-state index contributed by atoms with van der Waals surface area (Å²) in [5.41, 5.74) is 0. The largest absolute Gasteiger partial charge is 0.513 e. The van der Waals surface area contributed by atoms with Gasteiger partial charge in [0.15, 0.2) is 0 Å². The summed E-state index contributed by atoms with van der Waals surface area (Å²) in [5.74, 6) is 0.465. The van der Waals surface area contributed by atoms with Crippen molar-refractivity contribution in [3.8, 4) is 11.5 Å². The fraction of sp³-hybridized carbons (Fsp3) is 0.250. The second-order valence-electron chi connectivity index (χ2n) is 4.21. The third-order valence-electron chi connectivity index (χ3n) is 2.72. The molecular weight excluding hydrogens is 288 g/mol. The molecule has 22 heavy (non-hydrogen) atoms. The highest BCUT2D eigenvalue weighted by molar-refractivity contribution is 5.91. The fourth-order valence-electron chi connectivity index (χ4n) is 1.87. The van der Waals surface area contributed by atoms with E-state index in [9.17, 15) is 9.59 Å². The van der Waals surface area contributed by atoms with Gasteiger partial charge in [0.1, 0.15) is 11.5 Å². The van der Waals surface area contributed by atoms with Crippen LogP contribution in [0.1, 0.15) is 13.8 Å². The van der Waals surface area contributed by atoms with E-state index >= 15 is 0 Å². The molecule has 0 aliphatic heterocycles. The van der Waals surface area contributed by atoms with Crippen LogP contribution in [0.5, 0.6) is 11.5 Å². The molecule has 0 bridgehead atoms. The minimum absolute atomic E-state index is 0.204. The molecule has 0 saturated heterocycles. The van der Waals surface area contributed by atoms with Crippen LogP contribution in [0.25, 0.3) is 10.8 Å². The first-order valence-corrected chi connectivity index (χ1v) is 6.86. The van der Waals surface area contributed by atoms with E-state index in [4.69, 9.17) is 18.9 Å². The van der Waals surface area contributed by atoms with Gasteiger partial charge < -0.3 is 18.9 Å². The summed E-state index contributed by atoms with van der Waals surface area (Å²) in [6.07, 6.45) is -1.64. The lowest BCUT2D eigenvalue weighted by atomic mass is 10.1. The quantitative estimate of drug-likeness (QED) is 0.630. The summed E-state index contributed by atoms with van der Waals surface area (Å²) in [7, 11) is 0. The third kappa shape index (κ3) is 3.88. The van der Waals surface area contributed by atoms with Crippen LogP contribution in [0.15, 0.2) is 36.4 Å². The van der Waals surface area contributed by atoms with E-state index in [1.165, 1.54) is 6.07 Å². The van der Waals surface area contributed by atoms with Gasteiger partial charge in [-0.25, -0.2) is 9.59 Å². The molecule has 0 heterocycles. The normalized spacial score (nSPS) is 10.1. The van der Waals surface area contributed by atoms with Gasteiger partial charge in [-0.2, -0.15) is 0 Å². The SMILES string of the molecule is CCOC(=O)Oc1cc(OC(=O)OCC)c2ccccc2c1. The Morgan fingerprint density at radius 1 is 0.909 bits per heavy atom. The van der Waals surface area contributed by atoms with Crippen molar-refractivity contribution in [2.75, 3.05) is 13.2 Å². The van der Waals surface area contributed by atoms with Crippen LogP contribution in [-0.2, 0) is 9.47 Å². The fourth-order valence-corrected chi connectivity index (χ4v) is 1.87. The van der Waals surface area contributed by atoms with Crippen molar-refractivity contribution in [1.82, 2.24) is 0 Å². The van der Waals surface area contributed by atoms with E-state index < -0.39 is 12.3 Å². The van der Waals surface area contributed by atoms with Crippen molar-refractivity contribution < 1.29 is 28.5 Å². The summed E-state index contributed by atoms with van der Waals surface area (Å²) in [6, 6.07) is 10.3. The molecule has 0 unspecified atom stereocenters. The van der Waals surface area contributed by atoms with Crippen molar-refractivity contribution in [1.29, 1.82) is 0 Å². The molecule has 2 rings (SSSR count). The Morgan fingerprint density at radius 2 is 1.55 bits per heavy atom. The van der Waals surface area contributed by atoms with Crippen LogP contribution in [0.3, 0.4) is 0 Å². The standard InChI is InChI=1S/C16H16O6/c1-3-19-15(17)21-12-9-11-7-5-6-8-13(11)14(10-12)22-16(18)20-4-2/h5-10H,3-4H2,1-2H3. The maximum Gasteiger partial charge on any atom is 0.513 e. The zero-order valence-corrected chi connectivity index (χ0v) is 12.3. The molecule has 0 radical (unpaired) electrons. The number of fused-ring (bicyclic) bond motifs is 1. The number of carbonyl (C=O) groups is 2. The van der Waals surface area contributed by atoms with Gasteiger partial charge in [0.05, 0.1) is 13.2 Å². The molecule has 0 saturated carbocycles. The highest BCUT2D eigenvalue weighted by Crippen LogP contribution is 2.31. The molecule has 0 amide bonds. The Balaban J connectivity index is 2.34. The molecule has 0 N–H and O–H groups in total. The van der Waals surface area contributed by atoms with Crippen LogP contribution in [0.2, 0.25) is 0 Å². The lowest BCUT2D eigenvalue weighted by Gasteiger charge is -2.10. The van der Waals surface area contributed by atoms with E-state index in [1.807, 2.05) is 18.2 Å². The number of ether oxygens (including phenoxy) is 4. The first-order valence-electron chi connectivity index (χ1n) is 6.86. The molecule has 6 heteroatoms. The van der Waals surface area contributed by atoms with E-state index in [0.717, 1.165) is 5.39 Å². The molecule has 0 spiro atoms. The van der Waals surface area contributed by atoms with Gasteiger partial charge in [0.25, 0.3) is 0 Å². The van der Waals surface area contributed by atoms with Crippen LogP contribution < -0.4 is 9.47 Å². The number of carbonyl (C=O) groups excluding carboxylic acids is 2. The Labute approximate surface area is 127 Å². The maximum absolute atomic E-state index is 11.5. The van der Waals surface area contributed by atoms with E-state index in [-0.39, 0.29) is 24.7 Å². The number of rotatable bonds is 4. The zero-order valence-electron chi connectivity index (χ0n) is 12.3. The predicted molar refractivity (Wildman–Crippen MR) is 79.2 cm³/mol. The monoisotopic (exact) mass is 304 g/mol. The van der Waals surface area contributed by atoms with Crippen molar-refractivity contribution in [2.45, 2.75) is 13.8 Å².